The number of anilines is 3. The first-order valence-corrected chi connectivity index (χ1v) is 13.9. The van der Waals surface area contributed by atoms with E-state index in [1.165, 1.54) is 23.2 Å². The summed E-state index contributed by atoms with van der Waals surface area (Å²) in [6.07, 6.45) is 1.70. The van der Waals surface area contributed by atoms with Gasteiger partial charge < -0.3 is 25.4 Å². The Hall–Kier alpha value is -5.01. The maximum atomic E-state index is 13.7. The van der Waals surface area contributed by atoms with Crippen LogP contribution in [0, 0.1) is 20.8 Å². The summed E-state index contributed by atoms with van der Waals surface area (Å²) in [6.45, 7) is 9.87. The van der Waals surface area contributed by atoms with Crippen molar-refractivity contribution < 1.29 is 22.8 Å². The number of carbonyl (C=O) groups is 1. The van der Waals surface area contributed by atoms with Gasteiger partial charge in [0.1, 0.15) is 11.9 Å². The minimum Gasteiger partial charge on any atom is -0.390 e. The summed E-state index contributed by atoms with van der Waals surface area (Å²) in [5, 5.41) is 13.4. The SMILES string of the molecule is Cc1cn(-c2cc(C(=O)Nc3cnc(C)c(C4=NOC(CNc5nc(NC(C)C)ncc5C)C4)c3)cc(C(F)(F)F)c2)cn1. The highest BCUT2D eigenvalue weighted by Gasteiger charge is 2.32. The lowest BCUT2D eigenvalue weighted by atomic mass is 10.0. The second kappa shape index (κ2) is 12.3. The number of pyridine rings is 1. The molecule has 1 unspecified atom stereocenters. The maximum Gasteiger partial charge on any atom is 0.416 e. The van der Waals surface area contributed by atoms with Gasteiger partial charge in [-0.1, -0.05) is 5.16 Å². The molecule has 44 heavy (non-hydrogen) atoms. The monoisotopic (exact) mass is 607 g/mol. The number of halogens is 3. The Morgan fingerprint density at radius 3 is 2.59 bits per heavy atom. The molecule has 0 spiro atoms. The van der Waals surface area contributed by atoms with Crippen molar-refractivity contribution in [3.05, 3.63) is 82.8 Å². The normalized spacial score (nSPS) is 14.8. The van der Waals surface area contributed by atoms with Crippen LogP contribution in [0.15, 0.2) is 54.3 Å². The van der Waals surface area contributed by atoms with Crippen molar-refractivity contribution in [3.8, 4) is 5.69 Å². The molecule has 11 nitrogen and oxygen atoms in total. The third-order valence-corrected chi connectivity index (χ3v) is 6.79. The number of nitrogens with zero attached hydrogens (tertiary/aromatic N) is 6. The van der Waals surface area contributed by atoms with Gasteiger partial charge in [-0.3, -0.25) is 9.78 Å². The Balaban J connectivity index is 1.28. The van der Waals surface area contributed by atoms with Crippen molar-refractivity contribution in [1.29, 1.82) is 0 Å². The molecule has 4 aromatic rings. The average Bonchev–Trinajstić information content (AvgIpc) is 3.62. The van der Waals surface area contributed by atoms with Crippen LogP contribution in [0.25, 0.3) is 5.69 Å². The number of hydrogen-bond donors (Lipinski definition) is 3. The van der Waals surface area contributed by atoms with E-state index in [9.17, 15) is 18.0 Å². The molecule has 1 aliphatic heterocycles. The predicted molar refractivity (Wildman–Crippen MR) is 160 cm³/mol. The number of nitrogens with one attached hydrogen (secondary N) is 3. The Labute approximate surface area is 252 Å². The van der Waals surface area contributed by atoms with Crippen molar-refractivity contribution in [2.75, 3.05) is 22.5 Å². The van der Waals surface area contributed by atoms with Crippen LogP contribution in [0.1, 0.15) is 58.7 Å². The lowest BCUT2D eigenvalue weighted by molar-refractivity contribution is -0.137. The van der Waals surface area contributed by atoms with Gasteiger partial charge in [-0.05, 0) is 58.9 Å². The molecule has 0 saturated carbocycles. The van der Waals surface area contributed by atoms with Gasteiger partial charge in [-0.2, -0.15) is 18.2 Å². The number of rotatable bonds is 9. The molecule has 1 aromatic carbocycles. The number of carbonyl (C=O) groups excluding carboxylic acids is 1. The third kappa shape index (κ3) is 7.13. The number of oxime groups is 1. The van der Waals surface area contributed by atoms with Gasteiger partial charge in [0, 0.05) is 52.9 Å². The second-order valence-corrected chi connectivity index (χ2v) is 10.9. The minimum atomic E-state index is -4.65. The van der Waals surface area contributed by atoms with E-state index in [1.807, 2.05) is 20.8 Å². The smallest absolute Gasteiger partial charge is 0.390 e. The lowest BCUT2D eigenvalue weighted by Gasteiger charge is -2.14. The van der Waals surface area contributed by atoms with Crippen LogP contribution in [-0.4, -0.2) is 54.8 Å². The van der Waals surface area contributed by atoms with Gasteiger partial charge in [-0.15, -0.1) is 0 Å². The highest BCUT2D eigenvalue weighted by molar-refractivity contribution is 6.06. The molecule has 3 N–H and O–H groups in total. The molecule has 0 bridgehead atoms. The van der Waals surface area contributed by atoms with Crippen LogP contribution in [-0.2, 0) is 11.0 Å². The summed E-state index contributed by atoms with van der Waals surface area (Å²) < 4.78 is 42.5. The largest absolute Gasteiger partial charge is 0.416 e. The molecule has 5 rings (SSSR count). The number of imidazole rings is 1. The number of alkyl halides is 3. The summed E-state index contributed by atoms with van der Waals surface area (Å²) in [5.74, 6) is 0.490. The molecule has 1 atom stereocenters. The molecule has 230 valence electrons. The number of aromatic nitrogens is 5. The van der Waals surface area contributed by atoms with E-state index in [2.05, 4.69) is 41.0 Å². The molecule has 1 aliphatic rings. The zero-order valence-corrected chi connectivity index (χ0v) is 24.8. The first-order valence-electron chi connectivity index (χ1n) is 13.9. The highest BCUT2D eigenvalue weighted by Crippen LogP contribution is 2.32. The lowest BCUT2D eigenvalue weighted by Crippen LogP contribution is -2.22. The Morgan fingerprint density at radius 2 is 1.89 bits per heavy atom. The van der Waals surface area contributed by atoms with Crippen molar-refractivity contribution in [2.45, 2.75) is 59.4 Å². The van der Waals surface area contributed by atoms with Gasteiger partial charge >= 0.3 is 6.18 Å². The third-order valence-electron chi connectivity index (χ3n) is 6.79. The van der Waals surface area contributed by atoms with Crippen molar-refractivity contribution in [2.24, 2.45) is 5.16 Å². The molecular weight excluding hydrogens is 575 g/mol. The number of benzene rings is 1. The predicted octanol–water partition coefficient (Wildman–Crippen LogP) is 5.68. The average molecular weight is 608 g/mol. The van der Waals surface area contributed by atoms with E-state index < -0.39 is 17.6 Å². The van der Waals surface area contributed by atoms with E-state index in [1.54, 1.807) is 32.3 Å². The Bertz CT molecular complexity index is 1720. The fourth-order valence-electron chi connectivity index (χ4n) is 4.57. The molecule has 4 heterocycles. The maximum absolute atomic E-state index is 13.7. The molecule has 0 radical (unpaired) electrons. The molecule has 14 heteroatoms. The number of amides is 1. The summed E-state index contributed by atoms with van der Waals surface area (Å²) in [6, 6.07) is 5.04. The number of hydrogen-bond acceptors (Lipinski definition) is 9. The van der Waals surface area contributed by atoms with Gasteiger partial charge in [0.2, 0.25) is 5.95 Å². The second-order valence-electron chi connectivity index (χ2n) is 10.9. The van der Waals surface area contributed by atoms with Gasteiger partial charge in [-0.25, -0.2) is 9.97 Å². The fourth-order valence-corrected chi connectivity index (χ4v) is 4.57. The van der Waals surface area contributed by atoms with Crippen LogP contribution >= 0.6 is 0 Å². The van der Waals surface area contributed by atoms with E-state index in [0.717, 1.165) is 17.7 Å². The quantitative estimate of drug-likeness (QED) is 0.222. The summed E-state index contributed by atoms with van der Waals surface area (Å²) >= 11 is 0. The summed E-state index contributed by atoms with van der Waals surface area (Å²) in [4.78, 5) is 36.1. The van der Waals surface area contributed by atoms with Crippen LogP contribution in [0.2, 0.25) is 0 Å². The van der Waals surface area contributed by atoms with Gasteiger partial charge in [0.25, 0.3) is 5.91 Å². The van der Waals surface area contributed by atoms with Crippen LogP contribution in [0.3, 0.4) is 0 Å². The van der Waals surface area contributed by atoms with Gasteiger partial charge in [0.05, 0.1) is 41.7 Å². The van der Waals surface area contributed by atoms with E-state index in [-0.39, 0.29) is 23.4 Å². The first-order chi connectivity index (χ1) is 20.9. The zero-order chi connectivity index (χ0) is 31.6. The zero-order valence-electron chi connectivity index (χ0n) is 24.8. The molecule has 0 fully saturated rings. The minimum absolute atomic E-state index is 0.162. The van der Waals surface area contributed by atoms with Crippen LogP contribution < -0.4 is 16.0 Å². The molecule has 1 amide bonds. The number of aryl methyl sites for hydroxylation is 3. The van der Waals surface area contributed by atoms with Gasteiger partial charge in [0.15, 0.2) is 0 Å². The molecular formula is C30H32F3N9O2. The first kappa shape index (κ1) is 30.4. The molecule has 0 saturated heterocycles. The van der Waals surface area contributed by atoms with Crippen LogP contribution in [0.5, 0.6) is 0 Å². The fraction of sp³-hybridized carbons (Fsp3) is 0.333. The summed E-state index contributed by atoms with van der Waals surface area (Å²) in [7, 11) is 0. The van der Waals surface area contributed by atoms with Crippen molar-refractivity contribution >= 4 is 29.1 Å². The molecule has 3 aromatic heterocycles. The topological polar surface area (TPSA) is 131 Å². The van der Waals surface area contributed by atoms with Crippen molar-refractivity contribution in [1.82, 2.24) is 24.5 Å². The standard InChI is InChI=1S/C30H32F3N9O2/c1-16(2)38-29-36-11-17(3)27(40-29)35-13-24-10-26(41-44-24)25-9-22(12-34-19(25)5)39-28(43)20-6-21(30(31,32)33)8-23(7-20)42-14-18(4)37-15-42/h6-9,11-12,14-16,24H,10,13H2,1-5H3,(H,39,43)(H2,35,36,38,40). The van der Waals surface area contributed by atoms with Crippen molar-refractivity contribution in [3.63, 3.8) is 0 Å². The highest BCUT2D eigenvalue weighted by atomic mass is 19.4. The van der Waals surface area contributed by atoms with E-state index >= 15 is 0 Å². The Morgan fingerprint density at radius 1 is 1.09 bits per heavy atom. The van der Waals surface area contributed by atoms with E-state index in [0.29, 0.717) is 53.1 Å². The van der Waals surface area contributed by atoms with Crippen LogP contribution in [0.4, 0.5) is 30.6 Å². The molecule has 0 aliphatic carbocycles. The Kier molecular flexibility index (Phi) is 8.52. The summed E-state index contributed by atoms with van der Waals surface area (Å²) in [5.41, 5.74) is 2.82. The van der Waals surface area contributed by atoms with E-state index in [4.69, 9.17) is 4.84 Å².